The maximum atomic E-state index is 4.98. The van der Waals surface area contributed by atoms with Crippen molar-refractivity contribution in [1.29, 1.82) is 0 Å². The summed E-state index contributed by atoms with van der Waals surface area (Å²) in [7, 11) is 1.68. The third kappa shape index (κ3) is 1.79. The van der Waals surface area contributed by atoms with Crippen LogP contribution in [0.4, 0.5) is 0 Å². The lowest BCUT2D eigenvalue weighted by atomic mass is 10.2. The summed E-state index contributed by atoms with van der Waals surface area (Å²) in [4.78, 5) is 0. The highest BCUT2D eigenvalue weighted by molar-refractivity contribution is 7.81. The lowest BCUT2D eigenvalue weighted by molar-refractivity contribution is 0.304. The van der Waals surface area contributed by atoms with E-state index in [-0.39, 0.29) is 0 Å². The molecule has 0 aromatic rings. The van der Waals surface area contributed by atoms with Crippen LogP contribution in [0.5, 0.6) is 0 Å². The normalized spacial score (nSPS) is 25.6. The molecular weight excluding hydrogens is 132 g/mol. The van der Waals surface area contributed by atoms with Crippen LogP contribution < -0.4 is 0 Å². The van der Waals surface area contributed by atoms with Crippen molar-refractivity contribution in [2.75, 3.05) is 7.11 Å². The highest BCUT2D eigenvalue weighted by atomic mass is 32.1. The fraction of sp³-hybridized carbons (Fsp3) is 0.429. The van der Waals surface area contributed by atoms with E-state index in [1.165, 1.54) is 0 Å². The molecule has 0 spiro atoms. The molecule has 1 aliphatic carbocycles. The number of allylic oxidation sites excluding steroid dienone is 2. The van der Waals surface area contributed by atoms with Gasteiger partial charge in [0.1, 0.15) is 5.76 Å². The summed E-state index contributed by atoms with van der Waals surface area (Å²) in [5.41, 5.74) is 0. The second kappa shape index (κ2) is 2.97. The van der Waals surface area contributed by atoms with Crippen LogP contribution >= 0.6 is 12.6 Å². The summed E-state index contributed by atoms with van der Waals surface area (Å²) in [5, 5.41) is 0.379. The summed E-state index contributed by atoms with van der Waals surface area (Å²) >= 11 is 4.25. The molecule has 50 valence electrons. The molecule has 0 aromatic heterocycles. The molecule has 0 aliphatic heterocycles. The molecule has 1 nitrogen and oxygen atoms in total. The Balaban J connectivity index is 2.52. The predicted molar refractivity (Wildman–Crippen MR) is 41.6 cm³/mol. The second-order valence-electron chi connectivity index (χ2n) is 1.97. The zero-order chi connectivity index (χ0) is 6.69. The zero-order valence-corrected chi connectivity index (χ0v) is 6.27. The summed E-state index contributed by atoms with van der Waals surface area (Å²) in [6.45, 7) is 0. The lowest BCUT2D eigenvalue weighted by Crippen LogP contribution is -1.97. The van der Waals surface area contributed by atoms with Crippen molar-refractivity contribution in [1.82, 2.24) is 0 Å². The minimum Gasteiger partial charge on any atom is -0.497 e. The Labute approximate surface area is 60.8 Å². The van der Waals surface area contributed by atoms with Gasteiger partial charge in [-0.2, -0.15) is 12.6 Å². The molecule has 0 heterocycles. The van der Waals surface area contributed by atoms with E-state index in [1.807, 2.05) is 18.2 Å². The van der Waals surface area contributed by atoms with Gasteiger partial charge in [-0.25, -0.2) is 0 Å². The Morgan fingerprint density at radius 2 is 2.56 bits per heavy atom. The van der Waals surface area contributed by atoms with Crippen LogP contribution in [0.3, 0.4) is 0 Å². The van der Waals surface area contributed by atoms with Gasteiger partial charge in [-0.15, -0.1) is 0 Å². The van der Waals surface area contributed by atoms with Gasteiger partial charge in [0.05, 0.1) is 7.11 Å². The molecule has 2 heteroatoms. The highest BCUT2D eigenvalue weighted by Gasteiger charge is 2.02. The van der Waals surface area contributed by atoms with Crippen molar-refractivity contribution in [3.05, 3.63) is 24.0 Å². The van der Waals surface area contributed by atoms with Gasteiger partial charge in [-0.3, -0.25) is 0 Å². The van der Waals surface area contributed by atoms with Crippen LogP contribution in [0.2, 0.25) is 0 Å². The SMILES string of the molecule is COC1=CCC(S)C=C1. The van der Waals surface area contributed by atoms with Crippen molar-refractivity contribution >= 4 is 12.6 Å². The fourth-order valence-electron chi connectivity index (χ4n) is 0.741. The smallest absolute Gasteiger partial charge is 0.114 e. The molecule has 1 aliphatic rings. The minimum absolute atomic E-state index is 0.379. The van der Waals surface area contributed by atoms with E-state index in [0.29, 0.717) is 5.25 Å². The van der Waals surface area contributed by atoms with Crippen LogP contribution in [0.15, 0.2) is 24.0 Å². The van der Waals surface area contributed by atoms with Gasteiger partial charge in [0.25, 0.3) is 0 Å². The maximum Gasteiger partial charge on any atom is 0.114 e. The summed E-state index contributed by atoms with van der Waals surface area (Å²) < 4.78 is 4.98. The molecule has 0 aromatic carbocycles. The van der Waals surface area contributed by atoms with E-state index in [9.17, 15) is 0 Å². The third-order valence-corrected chi connectivity index (χ3v) is 1.66. The summed E-state index contributed by atoms with van der Waals surface area (Å²) in [6.07, 6.45) is 6.99. The van der Waals surface area contributed by atoms with Crippen LogP contribution in [-0.4, -0.2) is 12.4 Å². The van der Waals surface area contributed by atoms with Gasteiger partial charge >= 0.3 is 0 Å². The Kier molecular flexibility index (Phi) is 2.22. The van der Waals surface area contributed by atoms with Crippen LogP contribution in [0.1, 0.15) is 6.42 Å². The van der Waals surface area contributed by atoms with Crippen molar-refractivity contribution in [2.24, 2.45) is 0 Å². The third-order valence-electron chi connectivity index (χ3n) is 1.28. The van der Waals surface area contributed by atoms with Gasteiger partial charge in [0.2, 0.25) is 0 Å². The van der Waals surface area contributed by atoms with E-state index >= 15 is 0 Å². The number of thiol groups is 1. The molecule has 0 saturated carbocycles. The van der Waals surface area contributed by atoms with Gasteiger partial charge in [-0.1, -0.05) is 6.08 Å². The molecule has 0 saturated heterocycles. The van der Waals surface area contributed by atoms with Crippen LogP contribution in [0, 0.1) is 0 Å². The van der Waals surface area contributed by atoms with E-state index in [4.69, 9.17) is 4.74 Å². The zero-order valence-electron chi connectivity index (χ0n) is 5.37. The van der Waals surface area contributed by atoms with Gasteiger partial charge < -0.3 is 4.74 Å². The van der Waals surface area contributed by atoms with Gasteiger partial charge in [0.15, 0.2) is 0 Å². The molecule has 0 amide bonds. The molecule has 0 fully saturated rings. The highest BCUT2D eigenvalue weighted by Crippen LogP contribution is 2.14. The van der Waals surface area contributed by atoms with Crippen molar-refractivity contribution in [3.63, 3.8) is 0 Å². The van der Waals surface area contributed by atoms with Gasteiger partial charge in [-0.05, 0) is 18.6 Å². The average Bonchev–Trinajstić information content (AvgIpc) is 1.90. The Morgan fingerprint density at radius 1 is 1.78 bits per heavy atom. The molecule has 0 N–H and O–H groups in total. The summed E-state index contributed by atoms with van der Waals surface area (Å²) in [6, 6.07) is 0. The first-order valence-electron chi connectivity index (χ1n) is 2.93. The number of rotatable bonds is 1. The fourth-order valence-corrected chi connectivity index (χ4v) is 0.932. The first kappa shape index (κ1) is 6.75. The molecule has 9 heavy (non-hydrogen) atoms. The standard InChI is InChI=1S/C7H10OS/c1-8-6-2-4-7(9)5-3-6/h2-4,7,9H,5H2,1H3. The van der Waals surface area contributed by atoms with Crippen LogP contribution in [-0.2, 0) is 4.74 Å². The predicted octanol–water partition coefficient (Wildman–Crippen LogP) is 1.77. The minimum atomic E-state index is 0.379. The first-order valence-corrected chi connectivity index (χ1v) is 3.45. The largest absolute Gasteiger partial charge is 0.497 e. The number of hydrogen-bond acceptors (Lipinski definition) is 2. The van der Waals surface area contributed by atoms with Crippen molar-refractivity contribution in [3.8, 4) is 0 Å². The quantitative estimate of drug-likeness (QED) is 0.549. The average molecular weight is 142 g/mol. The Morgan fingerprint density at radius 3 is 3.00 bits per heavy atom. The lowest BCUT2D eigenvalue weighted by Gasteiger charge is -2.08. The molecule has 1 rings (SSSR count). The van der Waals surface area contributed by atoms with E-state index < -0.39 is 0 Å². The number of ether oxygens (including phenoxy) is 1. The number of hydrogen-bond donors (Lipinski definition) is 1. The van der Waals surface area contributed by atoms with E-state index in [2.05, 4.69) is 12.6 Å². The van der Waals surface area contributed by atoms with Crippen LogP contribution in [0.25, 0.3) is 0 Å². The number of methoxy groups -OCH3 is 1. The Bertz CT molecular complexity index is 149. The molecule has 0 bridgehead atoms. The van der Waals surface area contributed by atoms with E-state index in [0.717, 1.165) is 12.2 Å². The second-order valence-corrected chi connectivity index (χ2v) is 2.64. The van der Waals surface area contributed by atoms with Crippen molar-refractivity contribution in [2.45, 2.75) is 11.7 Å². The summed E-state index contributed by atoms with van der Waals surface area (Å²) in [5.74, 6) is 0.945. The Hall–Kier alpha value is -0.370. The monoisotopic (exact) mass is 142 g/mol. The topological polar surface area (TPSA) is 9.23 Å². The molecule has 0 radical (unpaired) electrons. The van der Waals surface area contributed by atoms with E-state index in [1.54, 1.807) is 7.11 Å². The van der Waals surface area contributed by atoms with Crippen molar-refractivity contribution < 1.29 is 4.74 Å². The maximum absolute atomic E-state index is 4.98. The molecular formula is C7H10OS. The molecule has 1 unspecified atom stereocenters. The van der Waals surface area contributed by atoms with Gasteiger partial charge in [0, 0.05) is 5.25 Å². The first-order chi connectivity index (χ1) is 4.33. The molecule has 1 atom stereocenters.